The highest BCUT2D eigenvalue weighted by atomic mass is 79.9. The molecular weight excluding hydrogens is 451 g/mol. The maximum Gasteiger partial charge on any atom is 0.335 e. The molecule has 0 atom stereocenters. The fourth-order valence-corrected chi connectivity index (χ4v) is 3.43. The Morgan fingerprint density at radius 1 is 1.03 bits per heavy atom. The third kappa shape index (κ3) is 3.92. The summed E-state index contributed by atoms with van der Waals surface area (Å²) in [5.41, 5.74) is 2.19. The van der Waals surface area contributed by atoms with Crippen molar-refractivity contribution in [2.24, 2.45) is 4.99 Å². The number of carbonyl (C=O) groups excluding carboxylic acids is 1. The van der Waals surface area contributed by atoms with E-state index in [9.17, 15) is 14.0 Å². The molecule has 4 rings (SSSR count). The number of carbonyl (C=O) groups is 2. The molecule has 0 saturated carbocycles. The molecule has 0 bridgehead atoms. The first-order chi connectivity index (χ1) is 14.4. The van der Waals surface area contributed by atoms with Crippen molar-refractivity contribution in [3.05, 3.63) is 105 Å². The van der Waals surface area contributed by atoms with Gasteiger partial charge in [0.15, 0.2) is 0 Å². The normalized spacial score (nSPS) is 14.9. The minimum Gasteiger partial charge on any atom is -0.478 e. The second kappa shape index (κ2) is 8.04. The summed E-state index contributed by atoms with van der Waals surface area (Å²) >= 11 is 3.41. The van der Waals surface area contributed by atoms with Crippen LogP contribution in [0, 0.1) is 5.82 Å². The van der Waals surface area contributed by atoms with E-state index in [2.05, 4.69) is 20.9 Å². The lowest BCUT2D eigenvalue weighted by Gasteiger charge is -2.18. The summed E-state index contributed by atoms with van der Waals surface area (Å²) in [5, 5.41) is 9.04. The van der Waals surface area contributed by atoms with E-state index in [1.165, 1.54) is 29.2 Å². The summed E-state index contributed by atoms with van der Waals surface area (Å²) in [5.74, 6) is -1.36. The fourth-order valence-electron chi connectivity index (χ4n) is 3.04. The zero-order valence-electron chi connectivity index (χ0n) is 15.4. The lowest BCUT2D eigenvalue weighted by molar-refractivity contribution is -0.113. The number of halogens is 2. The van der Waals surface area contributed by atoms with Crippen molar-refractivity contribution in [1.82, 2.24) is 0 Å². The number of carboxylic acids is 1. The SMILES string of the molecule is O=C(O)c1ccc(/C=C2/N=C(c3ccc(F)cc3)N(c3cccc(Br)c3)C2=O)cc1. The summed E-state index contributed by atoms with van der Waals surface area (Å²) in [6, 6.07) is 19.1. The van der Waals surface area contributed by atoms with Gasteiger partial charge in [-0.2, -0.15) is 0 Å². The summed E-state index contributed by atoms with van der Waals surface area (Å²) in [7, 11) is 0. The molecule has 0 spiro atoms. The highest BCUT2D eigenvalue weighted by molar-refractivity contribution is 9.10. The van der Waals surface area contributed by atoms with Crippen LogP contribution in [-0.2, 0) is 4.79 Å². The van der Waals surface area contributed by atoms with E-state index < -0.39 is 5.97 Å². The average molecular weight is 465 g/mol. The van der Waals surface area contributed by atoms with E-state index in [-0.39, 0.29) is 23.0 Å². The molecule has 1 N–H and O–H groups in total. The topological polar surface area (TPSA) is 70.0 Å². The first kappa shape index (κ1) is 19.7. The number of aliphatic imine (C=N–C) groups is 1. The van der Waals surface area contributed by atoms with Gasteiger partial charge in [0.05, 0.1) is 11.3 Å². The Bertz CT molecular complexity index is 1200. The van der Waals surface area contributed by atoms with Crippen molar-refractivity contribution in [3.63, 3.8) is 0 Å². The van der Waals surface area contributed by atoms with Gasteiger partial charge < -0.3 is 5.11 Å². The zero-order chi connectivity index (χ0) is 21.3. The van der Waals surface area contributed by atoms with E-state index in [0.717, 1.165) is 4.47 Å². The second-order valence-corrected chi connectivity index (χ2v) is 7.44. The molecule has 1 amide bonds. The van der Waals surface area contributed by atoms with Crippen LogP contribution in [0.5, 0.6) is 0 Å². The third-order valence-electron chi connectivity index (χ3n) is 4.49. The van der Waals surface area contributed by atoms with Gasteiger partial charge in [0.1, 0.15) is 17.3 Å². The van der Waals surface area contributed by atoms with Crippen LogP contribution < -0.4 is 4.90 Å². The van der Waals surface area contributed by atoms with Crippen LogP contribution in [0.2, 0.25) is 0 Å². The van der Waals surface area contributed by atoms with E-state index >= 15 is 0 Å². The van der Waals surface area contributed by atoms with Crippen molar-refractivity contribution in [2.75, 3.05) is 4.90 Å². The van der Waals surface area contributed by atoms with Crippen LogP contribution in [0.15, 0.2) is 88.0 Å². The standard InChI is InChI=1S/C23H14BrFN2O3/c24-17-2-1-3-19(13-17)27-21(15-8-10-18(25)11-9-15)26-20(22(27)28)12-14-4-6-16(7-5-14)23(29)30/h1-13H,(H,29,30)/b20-12+. The first-order valence-corrected chi connectivity index (χ1v) is 9.71. The summed E-state index contributed by atoms with van der Waals surface area (Å²) in [4.78, 5) is 30.2. The predicted octanol–water partition coefficient (Wildman–Crippen LogP) is 5.12. The Balaban J connectivity index is 1.79. The summed E-state index contributed by atoms with van der Waals surface area (Å²) in [6.07, 6.45) is 1.59. The predicted molar refractivity (Wildman–Crippen MR) is 116 cm³/mol. The number of anilines is 1. The molecular formula is C23H14BrFN2O3. The van der Waals surface area contributed by atoms with Crippen LogP contribution in [0.25, 0.3) is 6.08 Å². The van der Waals surface area contributed by atoms with Gasteiger partial charge in [0.25, 0.3) is 5.91 Å². The van der Waals surface area contributed by atoms with Gasteiger partial charge in [-0.1, -0.05) is 34.1 Å². The van der Waals surface area contributed by atoms with Crippen LogP contribution >= 0.6 is 15.9 Å². The van der Waals surface area contributed by atoms with Crippen LogP contribution in [0.1, 0.15) is 21.5 Å². The van der Waals surface area contributed by atoms with Gasteiger partial charge >= 0.3 is 5.97 Å². The number of hydrogen-bond acceptors (Lipinski definition) is 3. The maximum atomic E-state index is 13.4. The molecule has 5 nitrogen and oxygen atoms in total. The highest BCUT2D eigenvalue weighted by Gasteiger charge is 2.32. The van der Waals surface area contributed by atoms with Crippen LogP contribution in [0.3, 0.4) is 0 Å². The van der Waals surface area contributed by atoms with Gasteiger partial charge in [-0.25, -0.2) is 14.2 Å². The number of hydrogen-bond donors (Lipinski definition) is 1. The summed E-state index contributed by atoms with van der Waals surface area (Å²) < 4.78 is 14.2. The van der Waals surface area contributed by atoms with Crippen molar-refractivity contribution in [1.29, 1.82) is 0 Å². The molecule has 0 fully saturated rings. The zero-order valence-corrected chi connectivity index (χ0v) is 17.0. The first-order valence-electron chi connectivity index (χ1n) is 8.92. The number of aromatic carboxylic acids is 1. The number of amides is 1. The highest BCUT2D eigenvalue weighted by Crippen LogP contribution is 2.29. The number of nitrogens with zero attached hydrogens (tertiary/aromatic N) is 2. The largest absolute Gasteiger partial charge is 0.478 e. The van der Waals surface area contributed by atoms with E-state index in [4.69, 9.17) is 5.11 Å². The van der Waals surface area contributed by atoms with Crippen LogP contribution in [-0.4, -0.2) is 22.8 Å². The Morgan fingerprint density at radius 2 is 1.73 bits per heavy atom. The minimum absolute atomic E-state index is 0.154. The maximum absolute atomic E-state index is 13.4. The number of amidine groups is 1. The lowest BCUT2D eigenvalue weighted by atomic mass is 10.1. The molecule has 1 aliphatic heterocycles. The molecule has 148 valence electrons. The average Bonchev–Trinajstić information content (AvgIpc) is 3.05. The molecule has 30 heavy (non-hydrogen) atoms. The molecule has 1 aliphatic rings. The van der Waals surface area contributed by atoms with Crippen molar-refractivity contribution < 1.29 is 19.1 Å². The number of carboxylic acid groups (broad SMARTS) is 1. The fraction of sp³-hybridized carbons (Fsp3) is 0. The van der Waals surface area contributed by atoms with Crippen molar-refractivity contribution in [2.45, 2.75) is 0 Å². The van der Waals surface area contributed by atoms with Gasteiger partial charge in [0.2, 0.25) is 0 Å². The molecule has 3 aromatic carbocycles. The van der Waals surface area contributed by atoms with E-state index in [1.807, 2.05) is 6.07 Å². The quantitative estimate of drug-likeness (QED) is 0.544. The van der Waals surface area contributed by atoms with E-state index in [0.29, 0.717) is 22.6 Å². The molecule has 0 aromatic heterocycles. The Kier molecular flexibility index (Phi) is 5.29. The molecule has 7 heteroatoms. The smallest absolute Gasteiger partial charge is 0.335 e. The van der Waals surface area contributed by atoms with Gasteiger partial charge in [-0.05, 0) is 66.2 Å². The van der Waals surface area contributed by atoms with Gasteiger partial charge in [0, 0.05) is 10.0 Å². The number of benzene rings is 3. The minimum atomic E-state index is -1.02. The molecule has 0 unspecified atom stereocenters. The van der Waals surface area contributed by atoms with Crippen molar-refractivity contribution in [3.8, 4) is 0 Å². The molecule has 0 radical (unpaired) electrons. The molecule has 1 heterocycles. The molecule has 0 saturated heterocycles. The third-order valence-corrected chi connectivity index (χ3v) is 4.98. The lowest BCUT2D eigenvalue weighted by Crippen LogP contribution is -2.32. The summed E-state index contributed by atoms with van der Waals surface area (Å²) in [6.45, 7) is 0. The Hall–Kier alpha value is -3.58. The van der Waals surface area contributed by atoms with Gasteiger partial charge in [-0.15, -0.1) is 0 Å². The monoisotopic (exact) mass is 464 g/mol. The van der Waals surface area contributed by atoms with Gasteiger partial charge in [-0.3, -0.25) is 9.69 Å². The Morgan fingerprint density at radius 3 is 2.37 bits per heavy atom. The number of rotatable bonds is 4. The van der Waals surface area contributed by atoms with Crippen LogP contribution in [0.4, 0.5) is 10.1 Å². The molecule has 0 aliphatic carbocycles. The Labute approximate surface area is 179 Å². The second-order valence-electron chi connectivity index (χ2n) is 6.52. The molecule has 3 aromatic rings. The van der Waals surface area contributed by atoms with E-state index in [1.54, 1.807) is 48.5 Å². The van der Waals surface area contributed by atoms with Crippen molar-refractivity contribution >= 4 is 45.4 Å².